The summed E-state index contributed by atoms with van der Waals surface area (Å²) in [5.41, 5.74) is 1.27. The minimum Gasteiger partial charge on any atom is -0.476 e. The van der Waals surface area contributed by atoms with Gasteiger partial charge in [-0.1, -0.05) is 37.3 Å². The molecule has 2 aromatic rings. The van der Waals surface area contributed by atoms with Crippen LogP contribution in [0.4, 0.5) is 0 Å². The van der Waals surface area contributed by atoms with Crippen LogP contribution in [0, 0.1) is 0 Å². The third-order valence-corrected chi connectivity index (χ3v) is 3.44. The smallest absolute Gasteiger partial charge is 0.355 e. The number of carboxylic acid groups (broad SMARTS) is 1. The maximum atomic E-state index is 10.7. The van der Waals surface area contributed by atoms with Crippen molar-refractivity contribution in [2.45, 2.75) is 12.8 Å². The van der Waals surface area contributed by atoms with E-state index in [9.17, 15) is 4.79 Å². The van der Waals surface area contributed by atoms with Crippen LogP contribution in [0.25, 0.3) is 0 Å². The number of nitrogens with zero attached hydrogens (tertiary/aromatic N) is 1. The first kappa shape index (κ1) is 10.8. The number of hydrogen-bond acceptors (Lipinski definition) is 3. The number of thiazole rings is 1. The average Bonchev–Trinajstić information content (AvgIpc) is 2.78. The lowest BCUT2D eigenvalue weighted by molar-refractivity contribution is 0.0691. The van der Waals surface area contributed by atoms with Crippen LogP contribution >= 0.6 is 11.3 Å². The van der Waals surface area contributed by atoms with Gasteiger partial charge in [-0.25, -0.2) is 9.78 Å². The Balaban J connectivity index is 2.27. The highest BCUT2D eigenvalue weighted by Gasteiger charge is 2.14. The van der Waals surface area contributed by atoms with Crippen LogP contribution in [-0.2, 0) is 0 Å². The van der Waals surface area contributed by atoms with Crippen LogP contribution in [0.5, 0.6) is 0 Å². The molecule has 0 bridgehead atoms. The lowest BCUT2D eigenvalue weighted by atomic mass is 10.0. The number of rotatable bonds is 3. The van der Waals surface area contributed by atoms with E-state index >= 15 is 0 Å². The number of aromatic carboxylic acids is 1. The summed E-state index contributed by atoms with van der Waals surface area (Å²) in [6.45, 7) is 2.03. The summed E-state index contributed by atoms with van der Waals surface area (Å²) in [5, 5.41) is 11.2. The molecule has 1 aromatic heterocycles. The first-order valence-electron chi connectivity index (χ1n) is 4.92. The molecule has 2 rings (SSSR count). The Morgan fingerprint density at radius 1 is 1.38 bits per heavy atom. The third kappa shape index (κ3) is 2.12. The Hall–Kier alpha value is -1.68. The van der Waals surface area contributed by atoms with Crippen LogP contribution < -0.4 is 0 Å². The zero-order valence-electron chi connectivity index (χ0n) is 8.75. The van der Waals surface area contributed by atoms with Crippen LogP contribution in [-0.4, -0.2) is 16.1 Å². The Bertz CT molecular complexity index is 493. The molecule has 1 atom stereocenters. The van der Waals surface area contributed by atoms with Gasteiger partial charge in [-0.2, -0.15) is 0 Å². The first-order chi connectivity index (χ1) is 7.68. The fourth-order valence-corrected chi connectivity index (χ4v) is 2.35. The third-order valence-electron chi connectivity index (χ3n) is 2.41. The van der Waals surface area contributed by atoms with Gasteiger partial charge in [0.15, 0.2) is 5.69 Å². The molecule has 3 nitrogen and oxygen atoms in total. The maximum Gasteiger partial charge on any atom is 0.355 e. The maximum absolute atomic E-state index is 10.7. The van der Waals surface area contributed by atoms with Gasteiger partial charge in [0.2, 0.25) is 0 Å². The molecule has 0 saturated carbocycles. The highest BCUT2D eigenvalue weighted by atomic mass is 32.1. The van der Waals surface area contributed by atoms with E-state index in [-0.39, 0.29) is 11.6 Å². The molecule has 4 heteroatoms. The van der Waals surface area contributed by atoms with Gasteiger partial charge in [-0.3, -0.25) is 0 Å². The van der Waals surface area contributed by atoms with Crippen molar-refractivity contribution in [1.82, 2.24) is 4.98 Å². The SMILES string of the molecule is CC(c1ccccc1)c1nc(C(=O)O)cs1. The molecule has 0 aliphatic rings. The zero-order valence-corrected chi connectivity index (χ0v) is 9.57. The van der Waals surface area contributed by atoms with Crippen LogP contribution in [0.1, 0.15) is 33.9 Å². The number of benzene rings is 1. The molecule has 0 aliphatic heterocycles. The van der Waals surface area contributed by atoms with Crippen molar-refractivity contribution in [3.63, 3.8) is 0 Å². The fourth-order valence-electron chi connectivity index (χ4n) is 1.47. The zero-order chi connectivity index (χ0) is 11.5. The summed E-state index contributed by atoms with van der Waals surface area (Å²) >= 11 is 1.39. The lowest BCUT2D eigenvalue weighted by Gasteiger charge is -2.07. The molecule has 1 unspecified atom stereocenters. The van der Waals surface area contributed by atoms with E-state index in [0.29, 0.717) is 0 Å². The highest BCUT2D eigenvalue weighted by molar-refractivity contribution is 7.10. The van der Waals surface area contributed by atoms with Gasteiger partial charge in [0.1, 0.15) is 5.01 Å². The Morgan fingerprint density at radius 3 is 2.62 bits per heavy atom. The molecule has 16 heavy (non-hydrogen) atoms. The van der Waals surface area contributed by atoms with Gasteiger partial charge in [-0.05, 0) is 5.56 Å². The Kier molecular flexibility index (Phi) is 3.01. The van der Waals surface area contributed by atoms with Crippen molar-refractivity contribution in [3.05, 3.63) is 52.0 Å². The standard InChI is InChI=1S/C12H11NO2S/c1-8(9-5-3-2-4-6-9)11-13-10(7-16-11)12(14)15/h2-8H,1H3,(H,14,15). The van der Waals surface area contributed by atoms with Crippen molar-refractivity contribution in [3.8, 4) is 0 Å². The summed E-state index contributed by atoms with van der Waals surface area (Å²) in [7, 11) is 0. The van der Waals surface area contributed by atoms with Crippen molar-refractivity contribution >= 4 is 17.3 Å². The van der Waals surface area contributed by atoms with Gasteiger partial charge >= 0.3 is 5.97 Å². The quantitative estimate of drug-likeness (QED) is 0.886. The molecular formula is C12H11NO2S. The van der Waals surface area contributed by atoms with Gasteiger partial charge in [0.05, 0.1) is 0 Å². The van der Waals surface area contributed by atoms with Gasteiger partial charge in [-0.15, -0.1) is 11.3 Å². The predicted octanol–water partition coefficient (Wildman–Crippen LogP) is 2.99. The number of carboxylic acids is 1. The molecule has 1 N–H and O–H groups in total. The molecule has 1 aromatic carbocycles. The van der Waals surface area contributed by atoms with Crippen LogP contribution in [0.2, 0.25) is 0 Å². The fraction of sp³-hybridized carbons (Fsp3) is 0.167. The summed E-state index contributed by atoms with van der Waals surface area (Å²) < 4.78 is 0. The van der Waals surface area contributed by atoms with Crippen LogP contribution in [0.3, 0.4) is 0 Å². The second-order valence-corrected chi connectivity index (χ2v) is 4.40. The molecule has 0 saturated heterocycles. The molecule has 0 aliphatic carbocycles. The predicted molar refractivity (Wildman–Crippen MR) is 63.0 cm³/mol. The van der Waals surface area contributed by atoms with Crippen molar-refractivity contribution in [2.24, 2.45) is 0 Å². The summed E-state index contributed by atoms with van der Waals surface area (Å²) in [5.74, 6) is -0.831. The van der Waals surface area contributed by atoms with E-state index in [1.807, 2.05) is 37.3 Å². The van der Waals surface area contributed by atoms with Crippen molar-refractivity contribution < 1.29 is 9.90 Å². The lowest BCUT2D eigenvalue weighted by Crippen LogP contribution is -1.99. The molecule has 1 heterocycles. The second kappa shape index (κ2) is 4.45. The minimum absolute atomic E-state index is 0.128. The van der Waals surface area contributed by atoms with E-state index in [2.05, 4.69) is 4.98 Å². The van der Waals surface area contributed by atoms with Crippen molar-refractivity contribution in [1.29, 1.82) is 0 Å². The van der Waals surface area contributed by atoms with Gasteiger partial charge < -0.3 is 5.11 Å². The largest absolute Gasteiger partial charge is 0.476 e. The van der Waals surface area contributed by atoms with E-state index in [1.54, 1.807) is 5.38 Å². The van der Waals surface area contributed by atoms with E-state index in [0.717, 1.165) is 10.6 Å². The van der Waals surface area contributed by atoms with E-state index in [1.165, 1.54) is 11.3 Å². The number of hydrogen-bond donors (Lipinski definition) is 1. The van der Waals surface area contributed by atoms with Gasteiger partial charge in [0.25, 0.3) is 0 Å². The average molecular weight is 233 g/mol. The summed E-state index contributed by atoms with van der Waals surface area (Å²) in [4.78, 5) is 14.8. The molecule has 0 fully saturated rings. The van der Waals surface area contributed by atoms with Crippen LogP contribution in [0.15, 0.2) is 35.7 Å². The normalized spacial score (nSPS) is 12.3. The van der Waals surface area contributed by atoms with Gasteiger partial charge in [0, 0.05) is 11.3 Å². The molecular weight excluding hydrogens is 222 g/mol. The minimum atomic E-state index is -0.970. The number of aromatic nitrogens is 1. The highest BCUT2D eigenvalue weighted by Crippen LogP contribution is 2.26. The summed E-state index contributed by atoms with van der Waals surface area (Å²) in [6, 6.07) is 9.94. The first-order valence-corrected chi connectivity index (χ1v) is 5.80. The second-order valence-electron chi connectivity index (χ2n) is 3.51. The van der Waals surface area contributed by atoms with Crippen molar-refractivity contribution in [2.75, 3.05) is 0 Å². The van der Waals surface area contributed by atoms with E-state index < -0.39 is 5.97 Å². The Morgan fingerprint density at radius 2 is 2.06 bits per heavy atom. The molecule has 0 radical (unpaired) electrons. The molecule has 0 spiro atoms. The monoisotopic (exact) mass is 233 g/mol. The topological polar surface area (TPSA) is 50.2 Å². The summed E-state index contributed by atoms with van der Waals surface area (Å²) in [6.07, 6.45) is 0. The van der Waals surface area contributed by atoms with E-state index in [4.69, 9.17) is 5.11 Å². The molecule has 0 amide bonds. The number of carbonyl (C=O) groups is 1. The Labute approximate surface area is 97.4 Å². The molecule has 82 valence electrons.